The lowest BCUT2D eigenvalue weighted by Crippen LogP contribution is -2.29. The van der Waals surface area contributed by atoms with Gasteiger partial charge in [-0.1, -0.05) is 25.8 Å². The number of amides is 1. The first-order valence-corrected chi connectivity index (χ1v) is 8.57. The fourth-order valence-corrected chi connectivity index (χ4v) is 2.96. The topological polar surface area (TPSA) is 92.5 Å². The summed E-state index contributed by atoms with van der Waals surface area (Å²) >= 11 is 0. The van der Waals surface area contributed by atoms with Gasteiger partial charge in [0.25, 0.3) is 5.56 Å². The first-order chi connectivity index (χ1) is 12.6. The Hall–Kier alpha value is -3.27. The van der Waals surface area contributed by atoms with Gasteiger partial charge in [0.05, 0.1) is 10.9 Å². The van der Waals surface area contributed by atoms with Crippen LogP contribution in [-0.4, -0.2) is 19.9 Å². The number of pyridine rings is 2. The number of unbranched alkanes of at least 4 members (excludes halogenated alkanes) is 2. The molecule has 0 aliphatic rings. The molecule has 0 saturated heterocycles. The largest absolute Gasteiger partial charge is 0.309 e. The highest BCUT2D eigenvalue weighted by atomic mass is 16.1. The van der Waals surface area contributed by atoms with E-state index in [2.05, 4.69) is 23.0 Å². The fourth-order valence-electron chi connectivity index (χ4n) is 2.96. The summed E-state index contributed by atoms with van der Waals surface area (Å²) in [4.78, 5) is 33.1. The standard InChI is InChI=1S/C19H19N5O2/c1-3-4-6-10-24-17(21-13(2)25)14(12-20)11-15-18(24)22-16-8-5-7-9-23(16)19(15)26/h5,7-9,11H,3-4,6,10H2,1-2H3. The Kier molecular flexibility index (Phi) is 4.94. The van der Waals surface area contributed by atoms with Crippen LogP contribution in [0.5, 0.6) is 0 Å². The molecule has 3 aromatic rings. The van der Waals surface area contributed by atoms with Crippen molar-refractivity contribution in [3.63, 3.8) is 0 Å². The number of nitrogens with zero attached hydrogens (tertiary/aromatic N) is 5. The second-order valence-electron chi connectivity index (χ2n) is 6.07. The third-order valence-corrected chi connectivity index (χ3v) is 4.16. The van der Waals surface area contributed by atoms with Gasteiger partial charge < -0.3 is 4.57 Å². The van der Waals surface area contributed by atoms with Crippen molar-refractivity contribution in [2.45, 2.75) is 39.7 Å². The molecule has 7 heteroatoms. The molecule has 1 amide bonds. The Labute approximate surface area is 149 Å². The summed E-state index contributed by atoms with van der Waals surface area (Å²) in [6.07, 6.45) is 4.48. The molecule has 0 aliphatic heterocycles. The number of hydrogen-bond acceptors (Lipinski definition) is 4. The molecule has 26 heavy (non-hydrogen) atoms. The van der Waals surface area contributed by atoms with E-state index in [0.717, 1.165) is 19.3 Å². The predicted molar refractivity (Wildman–Crippen MR) is 97.4 cm³/mol. The number of aryl methyl sites for hydroxylation is 1. The summed E-state index contributed by atoms with van der Waals surface area (Å²) in [5.74, 6) is -0.400. The first kappa shape index (κ1) is 17.5. The van der Waals surface area contributed by atoms with Gasteiger partial charge >= 0.3 is 0 Å². The molecule has 7 nitrogen and oxygen atoms in total. The molecule has 0 aliphatic carbocycles. The molecule has 0 unspecified atom stereocenters. The van der Waals surface area contributed by atoms with Gasteiger partial charge in [-0.05, 0) is 24.6 Å². The van der Waals surface area contributed by atoms with E-state index in [1.165, 1.54) is 17.4 Å². The lowest BCUT2D eigenvalue weighted by molar-refractivity contribution is -0.116. The van der Waals surface area contributed by atoms with E-state index in [0.29, 0.717) is 23.2 Å². The molecule has 0 bridgehead atoms. The smallest absolute Gasteiger partial charge is 0.267 e. The van der Waals surface area contributed by atoms with Gasteiger partial charge in [-0.15, -0.1) is 0 Å². The number of aromatic nitrogens is 3. The van der Waals surface area contributed by atoms with E-state index in [9.17, 15) is 14.9 Å². The van der Waals surface area contributed by atoms with Crippen LogP contribution in [0.3, 0.4) is 0 Å². The number of hydrogen-bond donors (Lipinski definition) is 0. The van der Waals surface area contributed by atoms with Crippen molar-refractivity contribution in [1.29, 1.82) is 5.26 Å². The molecular formula is C19H19N5O2. The molecule has 0 aromatic carbocycles. The summed E-state index contributed by atoms with van der Waals surface area (Å²) in [6.45, 7) is 3.96. The van der Waals surface area contributed by atoms with Crippen molar-refractivity contribution < 1.29 is 4.79 Å². The van der Waals surface area contributed by atoms with Crippen LogP contribution >= 0.6 is 0 Å². The summed E-state index contributed by atoms with van der Waals surface area (Å²) in [5.41, 5.74) is 1.15. The van der Waals surface area contributed by atoms with Crippen molar-refractivity contribution in [3.05, 3.63) is 51.9 Å². The highest BCUT2D eigenvalue weighted by Crippen LogP contribution is 2.11. The number of fused-ring (bicyclic) bond motifs is 2. The Morgan fingerprint density at radius 2 is 2.15 bits per heavy atom. The minimum absolute atomic E-state index is 0.193. The zero-order valence-electron chi connectivity index (χ0n) is 14.8. The number of carbonyl (C=O) groups excluding carboxylic acids is 1. The molecule has 0 atom stereocenters. The highest BCUT2D eigenvalue weighted by molar-refractivity contribution is 5.79. The van der Waals surface area contributed by atoms with Crippen LogP contribution in [0.15, 0.2) is 40.2 Å². The second kappa shape index (κ2) is 7.31. The van der Waals surface area contributed by atoms with Crippen molar-refractivity contribution in [1.82, 2.24) is 14.0 Å². The van der Waals surface area contributed by atoms with Gasteiger partial charge in [-0.25, -0.2) is 4.98 Å². The average Bonchev–Trinajstić information content (AvgIpc) is 2.63. The predicted octanol–water partition coefficient (Wildman–Crippen LogP) is 2.16. The minimum atomic E-state index is -0.400. The van der Waals surface area contributed by atoms with Crippen LogP contribution < -0.4 is 11.0 Å². The van der Waals surface area contributed by atoms with E-state index >= 15 is 0 Å². The molecule has 0 N–H and O–H groups in total. The van der Waals surface area contributed by atoms with Crippen molar-refractivity contribution in [2.75, 3.05) is 0 Å². The molecule has 0 fully saturated rings. The number of nitriles is 1. The zero-order chi connectivity index (χ0) is 18.7. The van der Waals surface area contributed by atoms with Crippen LogP contribution in [0.2, 0.25) is 0 Å². The molecule has 0 radical (unpaired) electrons. The maximum absolute atomic E-state index is 12.9. The summed E-state index contributed by atoms with van der Waals surface area (Å²) in [7, 11) is 0. The Balaban J connectivity index is 2.47. The summed E-state index contributed by atoms with van der Waals surface area (Å²) in [6, 6.07) is 8.84. The summed E-state index contributed by atoms with van der Waals surface area (Å²) in [5, 5.41) is 9.86. The van der Waals surface area contributed by atoms with Crippen LogP contribution in [0.4, 0.5) is 0 Å². The van der Waals surface area contributed by atoms with E-state index in [-0.39, 0.29) is 16.6 Å². The van der Waals surface area contributed by atoms with Gasteiger partial charge in [0.15, 0.2) is 5.49 Å². The van der Waals surface area contributed by atoms with Crippen molar-refractivity contribution in [2.24, 2.45) is 4.99 Å². The van der Waals surface area contributed by atoms with E-state index < -0.39 is 5.91 Å². The fraction of sp³-hybridized carbons (Fsp3) is 0.316. The molecule has 132 valence electrons. The first-order valence-electron chi connectivity index (χ1n) is 8.57. The van der Waals surface area contributed by atoms with Crippen LogP contribution in [0, 0.1) is 11.3 Å². The van der Waals surface area contributed by atoms with E-state index in [4.69, 9.17) is 0 Å². The van der Waals surface area contributed by atoms with E-state index in [1.807, 2.05) is 0 Å². The average molecular weight is 349 g/mol. The quantitative estimate of drug-likeness (QED) is 0.533. The monoisotopic (exact) mass is 349 g/mol. The Bertz CT molecular complexity index is 1160. The summed E-state index contributed by atoms with van der Waals surface area (Å²) < 4.78 is 3.17. The third kappa shape index (κ3) is 3.14. The molecule has 0 spiro atoms. The third-order valence-electron chi connectivity index (χ3n) is 4.16. The van der Waals surface area contributed by atoms with Crippen molar-refractivity contribution in [3.8, 4) is 6.07 Å². The zero-order valence-corrected chi connectivity index (χ0v) is 14.8. The maximum atomic E-state index is 12.9. The van der Waals surface area contributed by atoms with Gasteiger partial charge in [0.1, 0.15) is 17.4 Å². The number of carbonyl (C=O) groups is 1. The van der Waals surface area contributed by atoms with Crippen LogP contribution in [0.1, 0.15) is 38.7 Å². The van der Waals surface area contributed by atoms with Gasteiger partial charge in [-0.2, -0.15) is 10.3 Å². The Morgan fingerprint density at radius 1 is 1.35 bits per heavy atom. The minimum Gasteiger partial charge on any atom is -0.309 e. The van der Waals surface area contributed by atoms with Gasteiger partial charge in [0.2, 0.25) is 5.91 Å². The maximum Gasteiger partial charge on any atom is 0.267 e. The van der Waals surface area contributed by atoms with Gasteiger partial charge in [0, 0.05) is 19.7 Å². The van der Waals surface area contributed by atoms with E-state index in [1.54, 1.807) is 29.0 Å². The number of rotatable bonds is 4. The van der Waals surface area contributed by atoms with Gasteiger partial charge in [-0.3, -0.25) is 14.0 Å². The molecule has 3 rings (SSSR count). The SMILES string of the molecule is CCCCCn1c(=NC(C)=O)c(C#N)cc2c(=O)n3ccccc3nc21. The molecule has 0 saturated carbocycles. The van der Waals surface area contributed by atoms with Crippen LogP contribution in [-0.2, 0) is 11.3 Å². The second-order valence-corrected chi connectivity index (χ2v) is 6.07. The Morgan fingerprint density at radius 3 is 2.85 bits per heavy atom. The molecular weight excluding hydrogens is 330 g/mol. The highest BCUT2D eigenvalue weighted by Gasteiger charge is 2.14. The lowest BCUT2D eigenvalue weighted by atomic mass is 10.2. The molecule has 3 heterocycles. The normalized spacial score (nSPS) is 11.8. The lowest BCUT2D eigenvalue weighted by Gasteiger charge is -2.13. The van der Waals surface area contributed by atoms with Crippen molar-refractivity contribution >= 4 is 22.6 Å². The molecule has 3 aromatic heterocycles. The van der Waals surface area contributed by atoms with Crippen LogP contribution in [0.25, 0.3) is 16.7 Å².